The maximum Gasteiger partial charge on any atom is 0.315 e. The van der Waals surface area contributed by atoms with E-state index in [1.54, 1.807) is 0 Å². The zero-order chi connectivity index (χ0) is 22.5. The summed E-state index contributed by atoms with van der Waals surface area (Å²) in [7, 11) is 0. The zero-order valence-electron chi connectivity index (χ0n) is 19.4. The van der Waals surface area contributed by atoms with Crippen LogP contribution in [0.15, 0.2) is 42.0 Å². The molecule has 0 amide bonds. The molecule has 0 bridgehead atoms. The van der Waals surface area contributed by atoms with Crippen LogP contribution in [0.4, 0.5) is 0 Å². The van der Waals surface area contributed by atoms with Gasteiger partial charge in [0, 0.05) is 37.0 Å². The largest absolute Gasteiger partial charge is 0.461 e. The van der Waals surface area contributed by atoms with E-state index in [4.69, 9.17) is 4.74 Å². The molecule has 3 fully saturated rings. The van der Waals surface area contributed by atoms with Crippen molar-refractivity contribution >= 4 is 5.97 Å². The Balaban J connectivity index is 1.26. The van der Waals surface area contributed by atoms with Crippen LogP contribution in [0, 0.1) is 23.2 Å². The van der Waals surface area contributed by atoms with E-state index < -0.39 is 11.7 Å². The molecule has 0 radical (unpaired) electrons. The molecule has 2 saturated heterocycles. The van der Waals surface area contributed by atoms with Gasteiger partial charge in [-0.15, -0.1) is 0 Å². The predicted octanol–water partition coefficient (Wildman–Crippen LogP) is 1.92. The van der Waals surface area contributed by atoms with E-state index in [1.807, 2.05) is 18.2 Å². The van der Waals surface area contributed by atoms with Crippen molar-refractivity contribution < 1.29 is 24.6 Å². The van der Waals surface area contributed by atoms with Gasteiger partial charge < -0.3 is 19.8 Å². The first-order valence-corrected chi connectivity index (χ1v) is 12.5. The summed E-state index contributed by atoms with van der Waals surface area (Å²) in [5.41, 5.74) is 1.54. The number of fused-ring (bicyclic) bond motifs is 2. The lowest BCUT2D eigenvalue weighted by Gasteiger charge is -2.51. The second-order valence-corrected chi connectivity index (χ2v) is 11.1. The number of benzene rings is 1. The van der Waals surface area contributed by atoms with Gasteiger partial charge in [-0.1, -0.05) is 55.8 Å². The van der Waals surface area contributed by atoms with E-state index >= 15 is 0 Å². The number of esters is 1. The summed E-state index contributed by atoms with van der Waals surface area (Å²) >= 11 is 0. The van der Waals surface area contributed by atoms with Crippen molar-refractivity contribution in [3.8, 4) is 0 Å². The Morgan fingerprint density at radius 3 is 2.62 bits per heavy atom. The Labute approximate surface area is 191 Å². The first-order valence-electron chi connectivity index (χ1n) is 12.5. The fraction of sp³-hybridized carbons (Fsp3) is 0.667. The number of rotatable bonds is 4. The summed E-state index contributed by atoms with van der Waals surface area (Å²) in [5.74, 6) is -0.0991. The van der Waals surface area contributed by atoms with E-state index in [1.165, 1.54) is 16.0 Å². The molecule has 1 aromatic carbocycles. The van der Waals surface area contributed by atoms with Gasteiger partial charge in [-0.3, -0.25) is 4.79 Å². The third-order valence-electron chi connectivity index (χ3n) is 9.34. The molecule has 5 rings (SSSR count). The zero-order valence-corrected chi connectivity index (χ0v) is 19.4. The minimum absolute atomic E-state index is 0.122. The number of hydrogen-bond donors (Lipinski definition) is 3. The highest BCUT2D eigenvalue weighted by atomic mass is 16.6. The molecule has 2 aliphatic heterocycles. The van der Waals surface area contributed by atoms with Gasteiger partial charge in [0.05, 0.1) is 31.3 Å². The third-order valence-corrected chi connectivity index (χ3v) is 9.34. The van der Waals surface area contributed by atoms with Crippen molar-refractivity contribution in [3.63, 3.8) is 0 Å². The number of hydrogen-bond acceptors (Lipinski definition) is 4. The Morgan fingerprint density at radius 1 is 1.19 bits per heavy atom. The van der Waals surface area contributed by atoms with Crippen molar-refractivity contribution in [2.45, 2.75) is 70.2 Å². The number of quaternary nitrogens is 1. The quantitative estimate of drug-likeness (QED) is 0.494. The van der Waals surface area contributed by atoms with Crippen LogP contribution in [0.3, 0.4) is 0 Å². The summed E-state index contributed by atoms with van der Waals surface area (Å²) in [5, 5.41) is 22.7. The molecule has 0 spiro atoms. The molecule has 32 heavy (non-hydrogen) atoms. The molecule has 0 unspecified atom stereocenters. The minimum atomic E-state index is -0.668. The number of likely N-dealkylation sites (tertiary alicyclic amines) is 1. The molecule has 6 atom stereocenters. The van der Waals surface area contributed by atoms with Gasteiger partial charge in [-0.25, -0.2) is 0 Å². The van der Waals surface area contributed by atoms with Gasteiger partial charge >= 0.3 is 5.97 Å². The maximum absolute atomic E-state index is 12.9. The lowest BCUT2D eigenvalue weighted by atomic mass is 9.55. The molecule has 0 aromatic heterocycles. The number of nitrogens with one attached hydrogen (secondary N) is 1. The van der Waals surface area contributed by atoms with Crippen LogP contribution in [0.1, 0.15) is 51.5 Å². The van der Waals surface area contributed by atoms with Crippen LogP contribution < -0.4 is 4.90 Å². The molecule has 2 aliphatic carbocycles. The number of aliphatic hydroxyl groups is 2. The lowest BCUT2D eigenvalue weighted by Crippen LogP contribution is -3.14. The highest BCUT2D eigenvalue weighted by Gasteiger charge is 2.60. The second kappa shape index (κ2) is 8.27. The van der Waals surface area contributed by atoms with Crippen LogP contribution in [0.25, 0.3) is 0 Å². The standard InChI is InChI=1S/C27H37NO4/c1-18-7-6-10-20-15-22-23(24(29)26(18,20)2)21(25(30)32-22)17-28-13-11-27(31,12-14-28)16-19-8-4-3-5-9-19/h3-5,8-10,18,21-24,29,31H,6-7,11-17H2,1-2H3/p+1/t18-,21+,22-,23-,24-,26-/m1/s1. The molecule has 5 heteroatoms. The van der Waals surface area contributed by atoms with Gasteiger partial charge in [0.1, 0.15) is 12.0 Å². The van der Waals surface area contributed by atoms with Gasteiger partial charge in [0.15, 0.2) is 0 Å². The topological polar surface area (TPSA) is 71.2 Å². The van der Waals surface area contributed by atoms with E-state index in [-0.39, 0.29) is 29.3 Å². The average Bonchev–Trinajstić information content (AvgIpc) is 3.08. The molecule has 5 nitrogen and oxygen atoms in total. The third kappa shape index (κ3) is 3.72. The minimum Gasteiger partial charge on any atom is -0.461 e. The fourth-order valence-corrected chi connectivity index (χ4v) is 7.03. The molecule has 2 heterocycles. The Hall–Kier alpha value is -1.69. The van der Waals surface area contributed by atoms with E-state index in [2.05, 4.69) is 32.1 Å². The van der Waals surface area contributed by atoms with Gasteiger partial charge in [0.2, 0.25) is 0 Å². The van der Waals surface area contributed by atoms with Gasteiger partial charge in [0.25, 0.3) is 0 Å². The van der Waals surface area contributed by atoms with Crippen LogP contribution in [0.2, 0.25) is 0 Å². The smallest absolute Gasteiger partial charge is 0.315 e. The first kappa shape index (κ1) is 22.1. The number of piperidine rings is 1. The molecular weight excluding hydrogens is 402 g/mol. The highest BCUT2D eigenvalue weighted by molar-refractivity contribution is 5.76. The Bertz CT molecular complexity index is 875. The second-order valence-electron chi connectivity index (χ2n) is 11.1. The van der Waals surface area contributed by atoms with E-state index in [0.29, 0.717) is 18.9 Å². The van der Waals surface area contributed by atoms with E-state index in [9.17, 15) is 15.0 Å². The number of allylic oxidation sites excluding steroid dienone is 1. The monoisotopic (exact) mass is 440 g/mol. The van der Waals surface area contributed by atoms with E-state index in [0.717, 1.165) is 45.2 Å². The molecule has 3 N–H and O–H groups in total. The van der Waals surface area contributed by atoms with Gasteiger partial charge in [-0.2, -0.15) is 0 Å². The van der Waals surface area contributed by atoms with Crippen LogP contribution >= 0.6 is 0 Å². The van der Waals surface area contributed by atoms with Crippen LogP contribution in [-0.2, 0) is 16.0 Å². The summed E-state index contributed by atoms with van der Waals surface area (Å²) in [6.45, 7) is 6.83. The maximum atomic E-state index is 12.9. The average molecular weight is 441 g/mol. The van der Waals surface area contributed by atoms with Crippen molar-refractivity contribution in [3.05, 3.63) is 47.5 Å². The summed E-state index contributed by atoms with van der Waals surface area (Å²) in [4.78, 5) is 14.3. The number of carbonyl (C=O) groups excluding carboxylic acids is 1. The number of aliphatic hydroxyl groups excluding tert-OH is 1. The van der Waals surface area contributed by atoms with Crippen molar-refractivity contribution in [2.75, 3.05) is 19.6 Å². The molecule has 1 aromatic rings. The summed E-state index contributed by atoms with van der Waals surface area (Å²) in [6, 6.07) is 10.2. The number of carbonyl (C=O) groups is 1. The number of ether oxygens (including phenoxy) is 1. The highest BCUT2D eigenvalue weighted by Crippen LogP contribution is 2.55. The summed E-state index contributed by atoms with van der Waals surface area (Å²) < 4.78 is 5.84. The SMILES string of the molecule is C[C@@H]1CCC=C2C[C@H]3OC(=O)[C@@H](C[NH+]4CCC(O)(Cc5ccccc5)CC4)[C@H]3[C@@H](O)[C@@]21C. The molecule has 4 aliphatic rings. The molecule has 174 valence electrons. The van der Waals surface area contributed by atoms with Crippen molar-refractivity contribution in [2.24, 2.45) is 23.2 Å². The predicted molar refractivity (Wildman–Crippen MR) is 122 cm³/mol. The Morgan fingerprint density at radius 2 is 1.91 bits per heavy atom. The van der Waals surface area contributed by atoms with Gasteiger partial charge in [-0.05, 0) is 24.3 Å². The first-order chi connectivity index (χ1) is 15.3. The summed E-state index contributed by atoms with van der Waals surface area (Å²) in [6.07, 6.45) is 6.62. The molecule has 1 saturated carbocycles. The lowest BCUT2D eigenvalue weighted by molar-refractivity contribution is -0.910. The van der Waals surface area contributed by atoms with Crippen molar-refractivity contribution in [1.82, 2.24) is 0 Å². The normalized spacial score (nSPS) is 43.8. The van der Waals surface area contributed by atoms with Crippen LogP contribution in [-0.4, -0.2) is 53.6 Å². The van der Waals surface area contributed by atoms with Crippen molar-refractivity contribution in [1.29, 1.82) is 0 Å². The molecular formula is C27H38NO4+. The van der Waals surface area contributed by atoms with Crippen LogP contribution in [0.5, 0.6) is 0 Å². The Kier molecular flexibility index (Phi) is 5.71. The fourth-order valence-electron chi connectivity index (χ4n) is 7.03.